The second kappa shape index (κ2) is 8.30. The number of hydrogen-bond acceptors (Lipinski definition) is 4. The van der Waals surface area contributed by atoms with E-state index in [1.165, 1.54) is 24.0 Å². The maximum atomic E-state index is 13.5. The number of carboxylic acids is 1. The largest absolute Gasteiger partial charge is 0.480 e. The molecule has 1 aromatic carbocycles. The Morgan fingerprint density at radius 3 is 2.50 bits per heavy atom. The van der Waals surface area contributed by atoms with Crippen molar-refractivity contribution in [2.45, 2.75) is 62.6 Å². The molecule has 1 aliphatic rings. The summed E-state index contributed by atoms with van der Waals surface area (Å²) >= 11 is 0. The van der Waals surface area contributed by atoms with E-state index >= 15 is 0 Å². The quantitative estimate of drug-likeness (QED) is 0.629. The maximum Gasteiger partial charge on any atom is 0.416 e. The van der Waals surface area contributed by atoms with Crippen LogP contribution in [0.25, 0.3) is 0 Å². The summed E-state index contributed by atoms with van der Waals surface area (Å²) in [6.45, 7) is 5.22. The lowest BCUT2D eigenvalue weighted by Gasteiger charge is -2.31. The number of aliphatic carboxylic acids is 1. The van der Waals surface area contributed by atoms with Gasteiger partial charge >= 0.3 is 12.1 Å². The average molecular weight is 490 g/mol. The van der Waals surface area contributed by atoms with Crippen LogP contribution in [0.4, 0.5) is 13.2 Å². The lowest BCUT2D eigenvalue weighted by atomic mass is 9.93. The van der Waals surface area contributed by atoms with Gasteiger partial charge in [-0.1, -0.05) is 30.9 Å². The summed E-state index contributed by atoms with van der Waals surface area (Å²) < 4.78 is 69.9. The third-order valence-electron chi connectivity index (χ3n) is 5.73. The van der Waals surface area contributed by atoms with E-state index in [4.69, 9.17) is 5.11 Å². The molecule has 0 amide bonds. The molecule has 3 rings (SSSR count). The fourth-order valence-corrected chi connectivity index (χ4v) is 6.64. The summed E-state index contributed by atoms with van der Waals surface area (Å²) in [5, 5.41) is 13.6. The Bertz CT molecular complexity index is 1110. The number of halogens is 3. The number of carbonyl (C=O) groups is 1. The molecule has 1 N–H and O–H groups in total. The van der Waals surface area contributed by atoms with Crippen molar-refractivity contribution in [1.29, 1.82) is 0 Å². The number of benzene rings is 1. The summed E-state index contributed by atoms with van der Waals surface area (Å²) in [6, 6.07) is 2.44. The van der Waals surface area contributed by atoms with Crippen LogP contribution in [-0.4, -0.2) is 48.7 Å². The van der Waals surface area contributed by atoms with E-state index in [1.54, 1.807) is 0 Å². The van der Waals surface area contributed by atoms with Gasteiger partial charge in [-0.2, -0.15) is 22.6 Å². The SMILES string of the molecule is CN([C@@H]1CCCc2c1cnn2CC(=O)O)S(=O)(=O)c1cc(C(F)(F)F)cc([Si](C)(C)C)c1. The van der Waals surface area contributed by atoms with E-state index in [2.05, 4.69) is 5.10 Å². The molecule has 1 atom stereocenters. The van der Waals surface area contributed by atoms with Gasteiger partial charge in [0.25, 0.3) is 0 Å². The molecule has 32 heavy (non-hydrogen) atoms. The van der Waals surface area contributed by atoms with Gasteiger partial charge in [-0.15, -0.1) is 0 Å². The molecule has 0 unspecified atom stereocenters. The van der Waals surface area contributed by atoms with E-state index < -0.39 is 46.7 Å². The van der Waals surface area contributed by atoms with Crippen molar-refractivity contribution < 1.29 is 31.5 Å². The van der Waals surface area contributed by atoms with Crippen LogP contribution >= 0.6 is 0 Å². The molecule has 2 aromatic rings. The van der Waals surface area contributed by atoms with Crippen molar-refractivity contribution in [3.63, 3.8) is 0 Å². The number of carboxylic acid groups (broad SMARTS) is 1. The molecule has 0 saturated heterocycles. The highest BCUT2D eigenvalue weighted by molar-refractivity contribution is 7.89. The molecule has 0 aliphatic heterocycles. The minimum Gasteiger partial charge on any atom is -0.480 e. The lowest BCUT2D eigenvalue weighted by molar-refractivity contribution is -0.138. The van der Waals surface area contributed by atoms with Gasteiger partial charge in [0, 0.05) is 18.3 Å². The van der Waals surface area contributed by atoms with Crippen molar-refractivity contribution in [3.8, 4) is 0 Å². The smallest absolute Gasteiger partial charge is 0.416 e. The summed E-state index contributed by atoms with van der Waals surface area (Å²) in [5.74, 6) is -1.07. The first kappa shape index (κ1) is 24.5. The van der Waals surface area contributed by atoms with E-state index in [-0.39, 0.29) is 6.54 Å². The Hall–Kier alpha value is -2.18. The lowest BCUT2D eigenvalue weighted by Crippen LogP contribution is -2.40. The van der Waals surface area contributed by atoms with Gasteiger partial charge in [0.1, 0.15) is 6.54 Å². The summed E-state index contributed by atoms with van der Waals surface area (Å²) in [5.41, 5.74) is 0.238. The molecular weight excluding hydrogens is 463 g/mol. The second-order valence-electron chi connectivity index (χ2n) is 9.02. The minimum absolute atomic E-state index is 0.342. The first-order valence-corrected chi connectivity index (χ1v) is 15.0. The standard InChI is InChI=1S/C20H26F3N3O4SSi/c1-25(17-6-5-7-18-16(17)11-24-26(18)12-19(27)28)31(29,30)14-8-13(20(21,22)23)9-15(10-14)32(2,3)4/h8-11,17H,5-7,12H2,1-4H3,(H,27,28)/t17-/m1/s1. The first-order chi connectivity index (χ1) is 14.6. The van der Waals surface area contributed by atoms with Crippen LogP contribution < -0.4 is 5.19 Å². The van der Waals surface area contributed by atoms with E-state index in [1.807, 2.05) is 19.6 Å². The highest BCUT2D eigenvalue weighted by Gasteiger charge is 2.38. The zero-order valence-electron chi connectivity index (χ0n) is 18.3. The molecule has 0 spiro atoms. The zero-order valence-corrected chi connectivity index (χ0v) is 20.1. The van der Waals surface area contributed by atoms with Crippen LogP contribution in [0.15, 0.2) is 29.3 Å². The Balaban J connectivity index is 2.06. The number of nitrogens with zero attached hydrogens (tertiary/aromatic N) is 3. The molecule has 0 fully saturated rings. The van der Waals surface area contributed by atoms with Crippen molar-refractivity contribution >= 4 is 29.3 Å². The van der Waals surface area contributed by atoms with Crippen molar-refractivity contribution in [2.24, 2.45) is 0 Å². The summed E-state index contributed by atoms with van der Waals surface area (Å²) in [4.78, 5) is 10.7. The molecule has 1 heterocycles. The maximum absolute atomic E-state index is 13.5. The minimum atomic E-state index is -4.67. The van der Waals surface area contributed by atoms with E-state index in [9.17, 15) is 26.4 Å². The van der Waals surface area contributed by atoms with E-state index in [0.717, 1.165) is 10.4 Å². The Labute approximate surface area is 185 Å². The predicted octanol–water partition coefficient (Wildman–Crippen LogP) is 3.23. The molecule has 12 heteroatoms. The van der Waals surface area contributed by atoms with Crippen LogP contribution in [0.2, 0.25) is 19.6 Å². The molecule has 0 saturated carbocycles. The van der Waals surface area contributed by atoms with Crippen molar-refractivity contribution in [3.05, 3.63) is 41.2 Å². The summed E-state index contributed by atoms with van der Waals surface area (Å²) in [6.07, 6.45) is -1.61. The first-order valence-electron chi connectivity index (χ1n) is 10.1. The highest BCUT2D eigenvalue weighted by Crippen LogP contribution is 2.37. The molecule has 1 aromatic heterocycles. The van der Waals surface area contributed by atoms with Gasteiger partial charge in [-0.25, -0.2) is 8.42 Å². The molecule has 7 nitrogen and oxygen atoms in total. The highest BCUT2D eigenvalue weighted by atomic mass is 32.2. The molecular formula is C20H26F3N3O4SSi. The van der Waals surface area contributed by atoms with Crippen LogP contribution in [0.1, 0.15) is 35.7 Å². The second-order valence-corrected chi connectivity index (χ2v) is 16.1. The molecule has 1 aliphatic carbocycles. The monoisotopic (exact) mass is 489 g/mol. The van der Waals surface area contributed by atoms with Gasteiger partial charge in [-0.3, -0.25) is 9.48 Å². The van der Waals surface area contributed by atoms with E-state index in [0.29, 0.717) is 41.8 Å². The van der Waals surface area contributed by atoms with Gasteiger partial charge in [0.05, 0.1) is 30.8 Å². The number of hydrogen-bond donors (Lipinski definition) is 1. The normalized spacial score (nSPS) is 17.4. The van der Waals surface area contributed by atoms with Gasteiger partial charge < -0.3 is 5.11 Å². The zero-order chi connectivity index (χ0) is 24.1. The fourth-order valence-electron chi connectivity index (χ4n) is 3.92. The molecule has 176 valence electrons. The number of aromatic nitrogens is 2. The number of sulfonamides is 1. The van der Waals surface area contributed by atoms with Crippen LogP contribution in [0.5, 0.6) is 0 Å². The topological polar surface area (TPSA) is 92.5 Å². The van der Waals surface area contributed by atoms with Crippen molar-refractivity contribution in [1.82, 2.24) is 14.1 Å². The van der Waals surface area contributed by atoms with Crippen molar-refractivity contribution in [2.75, 3.05) is 7.05 Å². The molecule has 0 radical (unpaired) electrons. The Morgan fingerprint density at radius 1 is 1.28 bits per heavy atom. The third-order valence-corrected chi connectivity index (χ3v) is 9.60. The van der Waals surface area contributed by atoms with Crippen LogP contribution in [-0.2, 0) is 34.0 Å². The predicted molar refractivity (Wildman–Crippen MR) is 115 cm³/mol. The Kier molecular flexibility index (Phi) is 6.35. The van der Waals surface area contributed by atoms with Gasteiger partial charge in [0.2, 0.25) is 10.0 Å². The number of rotatable bonds is 6. The van der Waals surface area contributed by atoms with Gasteiger partial charge in [-0.05, 0) is 31.4 Å². The molecule has 0 bridgehead atoms. The van der Waals surface area contributed by atoms with Crippen LogP contribution in [0.3, 0.4) is 0 Å². The number of alkyl halides is 3. The summed E-state index contributed by atoms with van der Waals surface area (Å²) in [7, 11) is -5.16. The van der Waals surface area contributed by atoms with Crippen LogP contribution in [0, 0.1) is 0 Å². The van der Waals surface area contributed by atoms with Gasteiger partial charge in [0.15, 0.2) is 0 Å². The fraction of sp³-hybridized carbons (Fsp3) is 0.500. The number of fused-ring (bicyclic) bond motifs is 1. The average Bonchev–Trinajstić information content (AvgIpc) is 3.08. The third kappa shape index (κ3) is 4.76. The Morgan fingerprint density at radius 2 is 1.94 bits per heavy atom.